The van der Waals surface area contributed by atoms with Crippen LogP contribution >= 0.6 is 11.6 Å². The third-order valence-electron chi connectivity index (χ3n) is 1.91. The van der Waals surface area contributed by atoms with E-state index in [0.717, 1.165) is 0 Å². The first kappa shape index (κ1) is 13.4. The number of rotatable bonds is 3. The van der Waals surface area contributed by atoms with Crippen LogP contribution in [0, 0.1) is 11.6 Å². The molecule has 1 atom stereocenters. The topological polar surface area (TPSA) is 66.4 Å². The van der Waals surface area contributed by atoms with Crippen LogP contribution in [-0.2, 0) is 4.79 Å². The molecule has 1 rings (SSSR count). The summed E-state index contributed by atoms with van der Waals surface area (Å²) in [6.07, 6.45) is 0. The Kier molecular flexibility index (Phi) is 4.01. The number of carboxylic acids is 1. The molecule has 0 aliphatic rings. The predicted octanol–water partition coefficient (Wildman–Crippen LogP) is 2.23. The Balaban J connectivity index is 3.12. The number of aromatic carboxylic acids is 1. The van der Waals surface area contributed by atoms with Gasteiger partial charge in [-0.1, -0.05) is 0 Å². The molecule has 1 unspecified atom stereocenters. The normalized spacial score (nSPS) is 12.0. The Hall–Kier alpha value is -1.69. The molecule has 0 heterocycles. The van der Waals surface area contributed by atoms with Crippen molar-refractivity contribution in [1.29, 1.82) is 0 Å². The summed E-state index contributed by atoms with van der Waals surface area (Å²) >= 11 is 5.44. The molecular formula is C10H8ClF2NO3. The number of carbonyl (C=O) groups excluding carboxylic acids is 1. The number of amides is 1. The second-order valence-corrected chi connectivity index (χ2v) is 3.88. The van der Waals surface area contributed by atoms with Crippen molar-refractivity contribution in [3.63, 3.8) is 0 Å². The van der Waals surface area contributed by atoms with Crippen LogP contribution in [0.4, 0.5) is 14.5 Å². The third kappa shape index (κ3) is 3.13. The fraction of sp³-hybridized carbons (Fsp3) is 0.200. The van der Waals surface area contributed by atoms with E-state index in [9.17, 15) is 18.4 Å². The first-order valence-corrected chi connectivity index (χ1v) is 4.94. The molecule has 0 fully saturated rings. The van der Waals surface area contributed by atoms with Gasteiger partial charge in [0.1, 0.15) is 17.0 Å². The standard InChI is InChI=1S/C10H8ClF2NO3/c1-4(11)9(15)14-8-2-5(10(16)17)6(12)3-7(8)13/h2-4H,1H3,(H,14,15)(H,16,17). The van der Waals surface area contributed by atoms with Crippen molar-refractivity contribution >= 4 is 29.2 Å². The molecule has 0 saturated carbocycles. The fourth-order valence-corrected chi connectivity index (χ4v) is 1.10. The van der Waals surface area contributed by atoms with Gasteiger partial charge in [0, 0.05) is 6.07 Å². The second kappa shape index (κ2) is 5.09. The zero-order valence-electron chi connectivity index (χ0n) is 8.63. The number of alkyl halides is 1. The van der Waals surface area contributed by atoms with Gasteiger partial charge in [-0.05, 0) is 13.0 Å². The molecule has 1 amide bonds. The summed E-state index contributed by atoms with van der Waals surface area (Å²) in [7, 11) is 0. The number of anilines is 1. The minimum Gasteiger partial charge on any atom is -0.478 e. The van der Waals surface area contributed by atoms with Crippen LogP contribution in [0.15, 0.2) is 12.1 Å². The van der Waals surface area contributed by atoms with E-state index in [2.05, 4.69) is 5.32 Å². The SMILES string of the molecule is CC(Cl)C(=O)Nc1cc(C(=O)O)c(F)cc1F. The molecule has 4 nitrogen and oxygen atoms in total. The minimum atomic E-state index is -1.56. The van der Waals surface area contributed by atoms with E-state index >= 15 is 0 Å². The van der Waals surface area contributed by atoms with Crippen molar-refractivity contribution < 1.29 is 23.5 Å². The van der Waals surface area contributed by atoms with Crippen LogP contribution in [0.1, 0.15) is 17.3 Å². The number of nitrogens with one attached hydrogen (secondary N) is 1. The van der Waals surface area contributed by atoms with E-state index in [1.54, 1.807) is 0 Å². The Bertz CT molecular complexity index is 477. The summed E-state index contributed by atoms with van der Waals surface area (Å²) < 4.78 is 26.2. The van der Waals surface area contributed by atoms with E-state index in [4.69, 9.17) is 16.7 Å². The van der Waals surface area contributed by atoms with E-state index in [1.807, 2.05) is 0 Å². The Morgan fingerprint density at radius 1 is 1.35 bits per heavy atom. The average molecular weight is 264 g/mol. The van der Waals surface area contributed by atoms with E-state index in [-0.39, 0.29) is 0 Å². The van der Waals surface area contributed by atoms with Crippen LogP contribution in [0.25, 0.3) is 0 Å². The second-order valence-electron chi connectivity index (χ2n) is 3.22. The fourth-order valence-electron chi connectivity index (χ4n) is 1.04. The van der Waals surface area contributed by atoms with Crippen molar-refractivity contribution in [1.82, 2.24) is 0 Å². The van der Waals surface area contributed by atoms with E-state index in [1.165, 1.54) is 6.92 Å². The molecule has 0 aliphatic heterocycles. The zero-order valence-corrected chi connectivity index (χ0v) is 9.39. The highest BCUT2D eigenvalue weighted by atomic mass is 35.5. The molecule has 17 heavy (non-hydrogen) atoms. The highest BCUT2D eigenvalue weighted by molar-refractivity contribution is 6.32. The maximum absolute atomic E-state index is 13.2. The van der Waals surface area contributed by atoms with E-state index in [0.29, 0.717) is 12.1 Å². The average Bonchev–Trinajstić information content (AvgIpc) is 2.21. The Morgan fingerprint density at radius 2 is 1.94 bits per heavy atom. The lowest BCUT2D eigenvalue weighted by Gasteiger charge is -2.09. The van der Waals surface area contributed by atoms with Crippen molar-refractivity contribution in [3.8, 4) is 0 Å². The van der Waals surface area contributed by atoms with Gasteiger partial charge in [-0.3, -0.25) is 4.79 Å². The summed E-state index contributed by atoms with van der Waals surface area (Å²) in [5.41, 5.74) is -1.16. The Labute approximate surface area is 100 Å². The van der Waals surface area contributed by atoms with Gasteiger partial charge in [-0.25, -0.2) is 13.6 Å². The number of hydrogen-bond acceptors (Lipinski definition) is 2. The molecule has 92 valence electrons. The van der Waals surface area contributed by atoms with Gasteiger partial charge in [0.05, 0.1) is 11.3 Å². The smallest absolute Gasteiger partial charge is 0.338 e. The quantitative estimate of drug-likeness (QED) is 0.822. The van der Waals surface area contributed by atoms with Crippen molar-refractivity contribution in [3.05, 3.63) is 29.3 Å². The van der Waals surface area contributed by atoms with E-state index < -0.39 is 40.1 Å². The zero-order chi connectivity index (χ0) is 13.2. The molecule has 0 saturated heterocycles. The summed E-state index contributed by atoms with van der Waals surface area (Å²) in [5.74, 6) is -4.56. The predicted molar refractivity (Wildman–Crippen MR) is 57.3 cm³/mol. The molecule has 0 aromatic heterocycles. The molecule has 2 N–H and O–H groups in total. The van der Waals surface area contributed by atoms with Crippen LogP contribution in [-0.4, -0.2) is 22.4 Å². The monoisotopic (exact) mass is 263 g/mol. The maximum Gasteiger partial charge on any atom is 0.338 e. The van der Waals surface area contributed by atoms with Gasteiger partial charge in [0.25, 0.3) is 0 Å². The van der Waals surface area contributed by atoms with Gasteiger partial charge in [0.15, 0.2) is 0 Å². The number of carbonyl (C=O) groups is 2. The maximum atomic E-state index is 13.2. The summed E-state index contributed by atoms with van der Waals surface area (Å²) in [4.78, 5) is 21.8. The lowest BCUT2D eigenvalue weighted by atomic mass is 10.1. The number of carboxylic acid groups (broad SMARTS) is 1. The van der Waals surface area contributed by atoms with Crippen molar-refractivity contribution in [2.45, 2.75) is 12.3 Å². The van der Waals surface area contributed by atoms with Crippen molar-refractivity contribution in [2.75, 3.05) is 5.32 Å². The van der Waals surface area contributed by atoms with Gasteiger partial charge in [-0.2, -0.15) is 0 Å². The van der Waals surface area contributed by atoms with Gasteiger partial charge < -0.3 is 10.4 Å². The van der Waals surface area contributed by atoms with Gasteiger partial charge in [0.2, 0.25) is 5.91 Å². The molecular weight excluding hydrogens is 256 g/mol. The third-order valence-corrected chi connectivity index (χ3v) is 2.10. The lowest BCUT2D eigenvalue weighted by molar-refractivity contribution is -0.115. The minimum absolute atomic E-state index is 0.387. The molecule has 0 bridgehead atoms. The number of halogens is 3. The highest BCUT2D eigenvalue weighted by Gasteiger charge is 2.18. The summed E-state index contributed by atoms with van der Waals surface area (Å²) in [6.45, 7) is 1.36. The Morgan fingerprint density at radius 3 is 2.41 bits per heavy atom. The molecule has 0 aliphatic carbocycles. The number of hydrogen-bond donors (Lipinski definition) is 2. The van der Waals surface area contributed by atoms with Crippen molar-refractivity contribution in [2.24, 2.45) is 0 Å². The first-order valence-electron chi connectivity index (χ1n) is 4.50. The van der Waals surface area contributed by atoms with Crippen LogP contribution in [0.2, 0.25) is 0 Å². The van der Waals surface area contributed by atoms with Crippen LogP contribution in [0.3, 0.4) is 0 Å². The molecule has 0 radical (unpaired) electrons. The molecule has 7 heteroatoms. The summed E-state index contributed by atoms with van der Waals surface area (Å²) in [5, 5.41) is 9.76. The first-order chi connectivity index (χ1) is 7.82. The summed E-state index contributed by atoms with van der Waals surface area (Å²) in [6, 6.07) is 1.09. The number of benzene rings is 1. The largest absolute Gasteiger partial charge is 0.478 e. The molecule has 1 aromatic carbocycles. The van der Waals surface area contributed by atoms with Crippen LogP contribution in [0.5, 0.6) is 0 Å². The molecule has 0 spiro atoms. The van der Waals surface area contributed by atoms with Crippen LogP contribution < -0.4 is 5.32 Å². The lowest BCUT2D eigenvalue weighted by Crippen LogP contribution is -2.21. The van der Waals surface area contributed by atoms with Gasteiger partial charge >= 0.3 is 5.97 Å². The van der Waals surface area contributed by atoms with Gasteiger partial charge in [-0.15, -0.1) is 11.6 Å². The molecule has 1 aromatic rings. The highest BCUT2D eigenvalue weighted by Crippen LogP contribution is 2.20.